The zero-order chi connectivity index (χ0) is 11.5. The molecule has 2 rings (SSSR count). The highest BCUT2D eigenvalue weighted by Crippen LogP contribution is 2.13. The van der Waals surface area contributed by atoms with Gasteiger partial charge in [-0.1, -0.05) is 11.6 Å². The third-order valence-electron chi connectivity index (χ3n) is 2.07. The summed E-state index contributed by atoms with van der Waals surface area (Å²) < 4.78 is 1.56. The summed E-state index contributed by atoms with van der Waals surface area (Å²) in [6, 6.07) is 4.97. The van der Waals surface area contributed by atoms with Crippen LogP contribution in [-0.2, 0) is 7.05 Å². The summed E-state index contributed by atoms with van der Waals surface area (Å²) in [6.45, 7) is 0. The minimum Gasteiger partial charge on any atom is -0.307 e. The number of nitrogens with zero attached hydrogens (tertiary/aromatic N) is 3. The molecule has 1 N–H and O–H groups in total. The molecule has 2 aromatic heterocycles. The van der Waals surface area contributed by atoms with Crippen molar-refractivity contribution in [3.05, 3.63) is 41.3 Å². The second-order valence-electron chi connectivity index (χ2n) is 3.14. The molecule has 2 aromatic rings. The number of pyridine rings is 1. The number of hydrogen-bond acceptors (Lipinski definition) is 3. The van der Waals surface area contributed by atoms with Crippen molar-refractivity contribution in [1.29, 1.82) is 0 Å². The first-order valence-corrected chi connectivity index (χ1v) is 4.96. The first kappa shape index (κ1) is 10.6. The van der Waals surface area contributed by atoms with Crippen LogP contribution in [0.25, 0.3) is 0 Å². The molecule has 0 aromatic carbocycles. The van der Waals surface area contributed by atoms with Gasteiger partial charge in [0.25, 0.3) is 5.91 Å². The van der Waals surface area contributed by atoms with E-state index in [1.165, 1.54) is 6.20 Å². The summed E-state index contributed by atoms with van der Waals surface area (Å²) in [7, 11) is 1.74. The molecule has 0 aliphatic heterocycles. The van der Waals surface area contributed by atoms with Gasteiger partial charge in [0.05, 0.1) is 11.8 Å². The smallest absolute Gasteiger partial charge is 0.259 e. The number of nitrogens with one attached hydrogen (secondary N) is 1. The third kappa shape index (κ3) is 2.04. The molecule has 0 saturated heterocycles. The van der Waals surface area contributed by atoms with Crippen LogP contribution in [0.4, 0.5) is 5.82 Å². The van der Waals surface area contributed by atoms with Crippen molar-refractivity contribution in [2.24, 2.45) is 7.05 Å². The molecule has 0 aliphatic rings. The molecule has 0 bridgehead atoms. The van der Waals surface area contributed by atoms with Gasteiger partial charge in [-0.15, -0.1) is 0 Å². The SMILES string of the molecule is Cn1nccc1NC(=O)c1cccnc1Cl. The molecule has 0 fully saturated rings. The van der Waals surface area contributed by atoms with Crippen molar-refractivity contribution in [1.82, 2.24) is 14.8 Å². The average Bonchev–Trinajstić information content (AvgIpc) is 2.65. The van der Waals surface area contributed by atoms with Crippen LogP contribution >= 0.6 is 11.6 Å². The van der Waals surface area contributed by atoms with Gasteiger partial charge < -0.3 is 5.32 Å². The van der Waals surface area contributed by atoms with E-state index in [0.29, 0.717) is 11.4 Å². The lowest BCUT2D eigenvalue weighted by molar-refractivity contribution is 0.102. The molecule has 82 valence electrons. The molecule has 1 amide bonds. The Kier molecular flexibility index (Phi) is 2.87. The van der Waals surface area contributed by atoms with E-state index in [9.17, 15) is 4.79 Å². The predicted octanol–water partition coefficient (Wildman–Crippen LogP) is 1.72. The zero-order valence-corrected chi connectivity index (χ0v) is 9.27. The topological polar surface area (TPSA) is 59.8 Å². The summed E-state index contributed by atoms with van der Waals surface area (Å²) >= 11 is 5.80. The Balaban J connectivity index is 2.22. The third-order valence-corrected chi connectivity index (χ3v) is 2.37. The number of halogens is 1. The Hall–Kier alpha value is -1.88. The van der Waals surface area contributed by atoms with Gasteiger partial charge in [0.15, 0.2) is 0 Å². The van der Waals surface area contributed by atoms with Crippen LogP contribution in [0.3, 0.4) is 0 Å². The molecule has 0 saturated carbocycles. The van der Waals surface area contributed by atoms with Gasteiger partial charge in [-0.3, -0.25) is 9.48 Å². The number of anilines is 1. The fourth-order valence-electron chi connectivity index (χ4n) is 1.24. The highest BCUT2D eigenvalue weighted by atomic mass is 35.5. The number of amides is 1. The molecule has 0 atom stereocenters. The van der Waals surface area contributed by atoms with E-state index in [2.05, 4.69) is 15.4 Å². The van der Waals surface area contributed by atoms with Gasteiger partial charge >= 0.3 is 0 Å². The van der Waals surface area contributed by atoms with Gasteiger partial charge in [0.1, 0.15) is 11.0 Å². The molecule has 16 heavy (non-hydrogen) atoms. The number of rotatable bonds is 2. The number of aromatic nitrogens is 3. The van der Waals surface area contributed by atoms with E-state index in [1.807, 2.05) is 0 Å². The monoisotopic (exact) mass is 236 g/mol. The molecule has 0 radical (unpaired) electrons. The highest BCUT2D eigenvalue weighted by molar-refractivity contribution is 6.33. The summed E-state index contributed by atoms with van der Waals surface area (Å²) in [5, 5.41) is 6.81. The van der Waals surface area contributed by atoms with E-state index in [0.717, 1.165) is 0 Å². The fourth-order valence-corrected chi connectivity index (χ4v) is 1.44. The second kappa shape index (κ2) is 4.32. The van der Waals surface area contributed by atoms with Crippen molar-refractivity contribution >= 4 is 23.3 Å². The lowest BCUT2D eigenvalue weighted by Gasteiger charge is -2.05. The Labute approximate surface area is 97.1 Å². The van der Waals surface area contributed by atoms with E-state index in [1.54, 1.807) is 36.1 Å². The Morgan fingerprint density at radius 1 is 1.44 bits per heavy atom. The lowest BCUT2D eigenvalue weighted by atomic mass is 10.2. The zero-order valence-electron chi connectivity index (χ0n) is 8.51. The number of aryl methyl sites for hydroxylation is 1. The fraction of sp³-hybridized carbons (Fsp3) is 0.100. The summed E-state index contributed by atoms with van der Waals surface area (Å²) in [6.07, 6.45) is 3.13. The van der Waals surface area contributed by atoms with Crippen LogP contribution in [0.2, 0.25) is 5.15 Å². The number of carbonyl (C=O) groups is 1. The second-order valence-corrected chi connectivity index (χ2v) is 3.49. The van der Waals surface area contributed by atoms with Crippen LogP contribution < -0.4 is 5.32 Å². The lowest BCUT2D eigenvalue weighted by Crippen LogP contribution is -2.15. The largest absolute Gasteiger partial charge is 0.307 e. The molecule has 0 spiro atoms. The summed E-state index contributed by atoms with van der Waals surface area (Å²) in [5.74, 6) is 0.298. The number of carbonyl (C=O) groups excluding carboxylic acids is 1. The maximum absolute atomic E-state index is 11.8. The highest BCUT2D eigenvalue weighted by Gasteiger charge is 2.11. The van der Waals surface area contributed by atoms with Gasteiger partial charge in [-0.25, -0.2) is 4.98 Å². The maximum Gasteiger partial charge on any atom is 0.259 e. The maximum atomic E-state index is 11.8. The molecule has 6 heteroatoms. The summed E-state index contributed by atoms with van der Waals surface area (Å²) in [5.41, 5.74) is 0.338. The molecule has 0 aliphatic carbocycles. The van der Waals surface area contributed by atoms with Crippen LogP contribution in [0.1, 0.15) is 10.4 Å². The van der Waals surface area contributed by atoms with Gasteiger partial charge in [0.2, 0.25) is 0 Å². The van der Waals surface area contributed by atoms with Crippen LogP contribution in [0.15, 0.2) is 30.6 Å². The molecule has 2 heterocycles. The minimum absolute atomic E-state index is 0.183. The molecule has 0 unspecified atom stereocenters. The van der Waals surface area contributed by atoms with E-state index in [-0.39, 0.29) is 11.1 Å². The van der Waals surface area contributed by atoms with Crippen molar-refractivity contribution in [2.45, 2.75) is 0 Å². The normalized spacial score (nSPS) is 10.1. The van der Waals surface area contributed by atoms with Crippen molar-refractivity contribution in [3.63, 3.8) is 0 Å². The molecular weight excluding hydrogens is 228 g/mol. The number of hydrogen-bond donors (Lipinski definition) is 1. The first-order chi connectivity index (χ1) is 7.68. The predicted molar refractivity (Wildman–Crippen MR) is 60.4 cm³/mol. The molecule has 5 nitrogen and oxygen atoms in total. The van der Waals surface area contributed by atoms with Gasteiger partial charge in [-0.05, 0) is 12.1 Å². The van der Waals surface area contributed by atoms with Crippen LogP contribution in [0.5, 0.6) is 0 Å². The standard InChI is InChI=1S/C10H9ClN4O/c1-15-8(4-6-13-15)14-10(16)7-3-2-5-12-9(7)11/h2-6H,1H3,(H,14,16). The average molecular weight is 237 g/mol. The van der Waals surface area contributed by atoms with Crippen molar-refractivity contribution < 1.29 is 4.79 Å². The van der Waals surface area contributed by atoms with Crippen molar-refractivity contribution in [2.75, 3.05) is 5.32 Å². The Bertz CT molecular complexity index is 523. The van der Waals surface area contributed by atoms with E-state index >= 15 is 0 Å². The van der Waals surface area contributed by atoms with Gasteiger partial charge in [0, 0.05) is 19.3 Å². The Morgan fingerprint density at radius 2 is 2.25 bits per heavy atom. The summed E-state index contributed by atoms with van der Waals surface area (Å²) in [4.78, 5) is 15.6. The Morgan fingerprint density at radius 3 is 2.88 bits per heavy atom. The van der Waals surface area contributed by atoms with E-state index < -0.39 is 0 Å². The van der Waals surface area contributed by atoms with Crippen LogP contribution in [-0.4, -0.2) is 20.7 Å². The van der Waals surface area contributed by atoms with E-state index in [4.69, 9.17) is 11.6 Å². The minimum atomic E-state index is -0.304. The van der Waals surface area contributed by atoms with Gasteiger partial charge in [-0.2, -0.15) is 5.10 Å². The van der Waals surface area contributed by atoms with Crippen LogP contribution in [0, 0.1) is 0 Å². The molecular formula is C10H9ClN4O. The quantitative estimate of drug-likeness (QED) is 0.808. The first-order valence-electron chi connectivity index (χ1n) is 4.58. The van der Waals surface area contributed by atoms with Crippen molar-refractivity contribution in [3.8, 4) is 0 Å².